The molecule has 0 aromatic heterocycles. The summed E-state index contributed by atoms with van der Waals surface area (Å²) in [5.74, 6) is -3.19. The average Bonchev–Trinajstić information content (AvgIpc) is 3.36. The third-order valence-electron chi connectivity index (χ3n) is 7.25. The van der Waals surface area contributed by atoms with Gasteiger partial charge in [0, 0.05) is 12.7 Å². The van der Waals surface area contributed by atoms with Crippen LogP contribution in [0.3, 0.4) is 0 Å². The number of fused-ring (bicyclic) bond motifs is 2. The molecule has 0 N–H and O–H groups in total. The standard InChI is InChI=1S/C31H28N2O9S/c1-5-42-25-15-18(12-13-24(25)41-3)23(16-43(4,39)40)33-29(36)21-10-7-11-22(27(21)31(33)38)32-28(35)20-9-6-8-19(14-17(2)34)26(20)30(32)37/h6-13,15,23H,5,14,16H2,1-4H3/t23-/m1/s1. The van der Waals surface area contributed by atoms with Crippen molar-refractivity contribution in [3.63, 3.8) is 0 Å². The number of methoxy groups -OCH3 is 1. The van der Waals surface area contributed by atoms with Crippen LogP contribution >= 0.6 is 0 Å². The zero-order chi connectivity index (χ0) is 31.2. The zero-order valence-corrected chi connectivity index (χ0v) is 24.7. The Hall–Kier alpha value is -4.84. The van der Waals surface area contributed by atoms with Crippen molar-refractivity contribution in [2.24, 2.45) is 0 Å². The molecule has 3 aromatic rings. The van der Waals surface area contributed by atoms with Crippen LogP contribution < -0.4 is 14.4 Å². The molecule has 0 spiro atoms. The molecule has 43 heavy (non-hydrogen) atoms. The first-order chi connectivity index (χ1) is 20.4. The number of Topliss-reactive ketones (excluding diaryl/α,β-unsaturated/α-hetero) is 1. The SMILES string of the molecule is CCOc1cc([C@@H](CS(C)(=O)=O)N2C(=O)c3cccc(N4C(=O)c5cccc(CC(C)=O)c5C4=O)c3C2=O)ccc1OC. The predicted molar refractivity (Wildman–Crippen MR) is 156 cm³/mol. The van der Waals surface area contributed by atoms with E-state index in [0.717, 1.165) is 16.1 Å². The summed E-state index contributed by atoms with van der Waals surface area (Å²) < 4.78 is 36.1. The molecule has 222 valence electrons. The summed E-state index contributed by atoms with van der Waals surface area (Å²) in [5.41, 5.74) is 0.422. The first kappa shape index (κ1) is 29.6. The minimum Gasteiger partial charge on any atom is -0.493 e. The third kappa shape index (κ3) is 5.18. The molecular weight excluding hydrogens is 576 g/mol. The highest BCUT2D eigenvalue weighted by molar-refractivity contribution is 7.90. The van der Waals surface area contributed by atoms with E-state index < -0.39 is 45.3 Å². The molecule has 0 aliphatic carbocycles. The van der Waals surface area contributed by atoms with E-state index in [1.54, 1.807) is 31.2 Å². The van der Waals surface area contributed by atoms with Crippen molar-refractivity contribution in [3.8, 4) is 11.5 Å². The van der Waals surface area contributed by atoms with Crippen molar-refractivity contribution in [3.05, 3.63) is 88.0 Å². The molecule has 2 aliphatic rings. The number of ether oxygens (including phenoxy) is 2. The summed E-state index contributed by atoms with van der Waals surface area (Å²) in [4.78, 5) is 68.6. The summed E-state index contributed by atoms with van der Waals surface area (Å²) in [6.07, 6.45) is 0.931. The lowest BCUT2D eigenvalue weighted by Crippen LogP contribution is -2.38. The predicted octanol–water partition coefficient (Wildman–Crippen LogP) is 3.41. The number of imide groups is 2. The van der Waals surface area contributed by atoms with Crippen LogP contribution in [-0.4, -0.2) is 68.5 Å². The Morgan fingerprint density at radius 2 is 1.53 bits per heavy atom. The molecular formula is C31H28N2O9S. The molecule has 2 heterocycles. The average molecular weight is 605 g/mol. The monoisotopic (exact) mass is 604 g/mol. The summed E-state index contributed by atoms with van der Waals surface area (Å²) in [6, 6.07) is 12.2. The number of hydrogen-bond donors (Lipinski definition) is 0. The number of anilines is 1. The van der Waals surface area contributed by atoms with Crippen molar-refractivity contribution < 1.29 is 41.9 Å². The molecule has 4 amide bonds. The van der Waals surface area contributed by atoms with E-state index in [1.807, 2.05) is 0 Å². The molecule has 12 heteroatoms. The lowest BCUT2D eigenvalue weighted by molar-refractivity contribution is -0.116. The number of ketones is 1. The summed E-state index contributed by atoms with van der Waals surface area (Å²) in [7, 11) is -2.30. The van der Waals surface area contributed by atoms with Gasteiger partial charge in [-0.25, -0.2) is 13.3 Å². The summed E-state index contributed by atoms with van der Waals surface area (Å²) >= 11 is 0. The van der Waals surface area contributed by atoms with Gasteiger partial charge in [-0.05, 0) is 55.3 Å². The van der Waals surface area contributed by atoms with Crippen molar-refractivity contribution in [2.75, 3.05) is 30.6 Å². The number of amides is 4. The number of carbonyl (C=O) groups is 5. The van der Waals surface area contributed by atoms with Gasteiger partial charge in [-0.15, -0.1) is 0 Å². The molecule has 0 saturated carbocycles. The van der Waals surface area contributed by atoms with Crippen molar-refractivity contribution in [1.29, 1.82) is 0 Å². The van der Waals surface area contributed by atoms with Gasteiger partial charge in [0.15, 0.2) is 11.5 Å². The fraction of sp³-hybridized carbons (Fsp3) is 0.258. The highest BCUT2D eigenvalue weighted by atomic mass is 32.2. The van der Waals surface area contributed by atoms with E-state index >= 15 is 0 Å². The molecule has 5 rings (SSSR count). The normalized spacial score (nSPS) is 15.1. The third-order valence-corrected chi connectivity index (χ3v) is 8.17. The first-order valence-electron chi connectivity index (χ1n) is 13.4. The molecule has 0 unspecified atom stereocenters. The highest BCUT2D eigenvalue weighted by Gasteiger charge is 2.47. The second kappa shape index (κ2) is 11.1. The van der Waals surface area contributed by atoms with Gasteiger partial charge in [0.1, 0.15) is 15.6 Å². The fourth-order valence-electron chi connectivity index (χ4n) is 5.52. The molecule has 1 atom stereocenters. The van der Waals surface area contributed by atoms with Crippen LogP contribution in [0.1, 0.15) is 72.4 Å². The van der Waals surface area contributed by atoms with Crippen molar-refractivity contribution in [2.45, 2.75) is 26.3 Å². The molecule has 0 saturated heterocycles. The minimum absolute atomic E-state index is 0.0607. The minimum atomic E-state index is -3.74. The molecule has 0 fully saturated rings. The van der Waals surface area contributed by atoms with Gasteiger partial charge in [-0.2, -0.15) is 0 Å². The number of hydrogen-bond acceptors (Lipinski definition) is 9. The van der Waals surface area contributed by atoms with Crippen LogP contribution in [0.2, 0.25) is 0 Å². The number of nitrogens with zero attached hydrogens (tertiary/aromatic N) is 2. The Morgan fingerprint density at radius 1 is 0.860 bits per heavy atom. The smallest absolute Gasteiger partial charge is 0.266 e. The summed E-state index contributed by atoms with van der Waals surface area (Å²) in [6.45, 7) is 3.41. The number of carbonyl (C=O) groups excluding carboxylic acids is 5. The number of rotatable bonds is 10. The lowest BCUT2D eigenvalue weighted by Gasteiger charge is -2.27. The van der Waals surface area contributed by atoms with Gasteiger partial charge < -0.3 is 9.47 Å². The maximum atomic E-state index is 14.1. The van der Waals surface area contributed by atoms with Crippen LogP contribution in [0.5, 0.6) is 11.5 Å². The summed E-state index contributed by atoms with van der Waals surface area (Å²) in [5, 5.41) is 0. The van der Waals surface area contributed by atoms with Crippen LogP contribution in [0.4, 0.5) is 5.69 Å². The lowest BCUT2D eigenvalue weighted by atomic mass is 9.99. The highest BCUT2D eigenvalue weighted by Crippen LogP contribution is 2.41. The van der Waals surface area contributed by atoms with Crippen molar-refractivity contribution in [1.82, 2.24) is 4.90 Å². The van der Waals surface area contributed by atoms with Gasteiger partial charge >= 0.3 is 0 Å². The molecule has 11 nitrogen and oxygen atoms in total. The van der Waals surface area contributed by atoms with E-state index in [-0.39, 0.29) is 46.8 Å². The van der Waals surface area contributed by atoms with Crippen LogP contribution in [0, 0.1) is 0 Å². The maximum absolute atomic E-state index is 14.1. The Balaban J connectivity index is 1.61. The maximum Gasteiger partial charge on any atom is 0.266 e. The van der Waals surface area contributed by atoms with Gasteiger partial charge in [0.2, 0.25) is 0 Å². The van der Waals surface area contributed by atoms with Crippen molar-refractivity contribution >= 4 is 44.9 Å². The second-order valence-corrected chi connectivity index (χ2v) is 12.5. The zero-order valence-electron chi connectivity index (χ0n) is 23.9. The Bertz CT molecular complexity index is 1830. The Morgan fingerprint density at radius 3 is 2.16 bits per heavy atom. The van der Waals surface area contributed by atoms with Crippen LogP contribution in [0.25, 0.3) is 0 Å². The van der Waals surface area contributed by atoms with E-state index in [4.69, 9.17) is 9.47 Å². The van der Waals surface area contributed by atoms with E-state index in [2.05, 4.69) is 0 Å². The van der Waals surface area contributed by atoms with Gasteiger partial charge in [-0.3, -0.25) is 28.9 Å². The molecule has 0 bridgehead atoms. The number of sulfone groups is 1. The van der Waals surface area contributed by atoms with E-state index in [1.165, 1.54) is 44.4 Å². The second-order valence-electron chi connectivity index (χ2n) is 10.3. The molecule has 3 aromatic carbocycles. The van der Waals surface area contributed by atoms with E-state index in [0.29, 0.717) is 22.6 Å². The van der Waals surface area contributed by atoms with Gasteiger partial charge in [0.25, 0.3) is 23.6 Å². The van der Waals surface area contributed by atoms with E-state index in [9.17, 15) is 32.4 Å². The van der Waals surface area contributed by atoms with Gasteiger partial charge in [-0.1, -0.05) is 24.3 Å². The Kier molecular flexibility index (Phi) is 7.65. The first-order valence-corrected chi connectivity index (χ1v) is 15.4. The van der Waals surface area contributed by atoms with Crippen LogP contribution in [-0.2, 0) is 21.1 Å². The molecule has 2 aliphatic heterocycles. The molecule has 0 radical (unpaired) electrons. The topological polar surface area (TPSA) is 144 Å². The largest absolute Gasteiger partial charge is 0.493 e. The van der Waals surface area contributed by atoms with Gasteiger partial charge in [0.05, 0.1) is 53.5 Å². The number of benzene rings is 3. The van der Waals surface area contributed by atoms with Crippen LogP contribution in [0.15, 0.2) is 54.6 Å². The fourth-order valence-corrected chi connectivity index (χ4v) is 6.44. The Labute approximate surface area is 247 Å². The quantitative estimate of drug-likeness (QED) is 0.318.